The minimum absolute atomic E-state index is 0.207. The first-order valence-electron chi connectivity index (χ1n) is 5.52. The van der Waals surface area contributed by atoms with E-state index in [1.54, 1.807) is 6.07 Å². The van der Waals surface area contributed by atoms with E-state index in [4.69, 9.17) is 22.1 Å². The van der Waals surface area contributed by atoms with Crippen LogP contribution in [0.3, 0.4) is 0 Å². The summed E-state index contributed by atoms with van der Waals surface area (Å²) in [6.07, 6.45) is 0. The van der Waals surface area contributed by atoms with Crippen molar-refractivity contribution in [1.82, 2.24) is 0 Å². The van der Waals surface area contributed by atoms with Gasteiger partial charge in [0.15, 0.2) is 0 Å². The summed E-state index contributed by atoms with van der Waals surface area (Å²) in [5.41, 5.74) is 7.32. The van der Waals surface area contributed by atoms with Crippen LogP contribution in [0.1, 0.15) is 15.9 Å². The van der Waals surface area contributed by atoms with Crippen molar-refractivity contribution in [3.05, 3.63) is 63.1 Å². The summed E-state index contributed by atoms with van der Waals surface area (Å²) in [6.45, 7) is 0.207. The Kier molecular flexibility index (Phi) is 4.45. The fourth-order valence-electron chi connectivity index (χ4n) is 1.54. The van der Waals surface area contributed by atoms with Gasteiger partial charge in [-0.1, -0.05) is 39.7 Å². The Labute approximate surface area is 124 Å². The molecule has 98 valence electrons. The van der Waals surface area contributed by atoms with Gasteiger partial charge in [-0.05, 0) is 35.9 Å². The molecule has 0 radical (unpaired) electrons. The van der Waals surface area contributed by atoms with Gasteiger partial charge in [0.25, 0.3) is 0 Å². The second kappa shape index (κ2) is 6.08. The number of benzene rings is 2. The van der Waals surface area contributed by atoms with Gasteiger partial charge in [0.05, 0.1) is 5.56 Å². The minimum Gasteiger partial charge on any atom is -0.457 e. The number of nitrogen functional groups attached to an aromatic ring is 1. The van der Waals surface area contributed by atoms with E-state index in [-0.39, 0.29) is 6.61 Å². The lowest BCUT2D eigenvalue weighted by molar-refractivity contribution is 0.0473. The average Bonchev–Trinajstić information content (AvgIpc) is 2.36. The van der Waals surface area contributed by atoms with Crippen LogP contribution in [0.4, 0.5) is 5.69 Å². The van der Waals surface area contributed by atoms with E-state index < -0.39 is 5.97 Å². The van der Waals surface area contributed by atoms with Crippen molar-refractivity contribution in [3.8, 4) is 0 Å². The Balaban J connectivity index is 2.03. The monoisotopic (exact) mass is 339 g/mol. The molecule has 3 nitrogen and oxygen atoms in total. The number of hydrogen-bond donors (Lipinski definition) is 1. The van der Waals surface area contributed by atoms with Gasteiger partial charge >= 0.3 is 5.97 Å². The molecule has 2 aromatic carbocycles. The number of ether oxygens (including phenoxy) is 1. The molecular weight excluding hydrogens is 330 g/mol. The van der Waals surface area contributed by atoms with E-state index in [1.807, 2.05) is 24.3 Å². The molecule has 19 heavy (non-hydrogen) atoms. The molecule has 0 aromatic heterocycles. The van der Waals surface area contributed by atoms with Gasteiger partial charge in [-0.3, -0.25) is 0 Å². The first kappa shape index (κ1) is 13.9. The maximum atomic E-state index is 11.8. The van der Waals surface area contributed by atoms with Crippen molar-refractivity contribution in [2.45, 2.75) is 6.61 Å². The number of halogens is 2. The summed E-state index contributed by atoms with van der Waals surface area (Å²) in [4.78, 5) is 11.8. The van der Waals surface area contributed by atoms with Gasteiger partial charge in [-0.25, -0.2) is 4.79 Å². The van der Waals surface area contributed by atoms with Gasteiger partial charge in [-0.2, -0.15) is 0 Å². The molecule has 0 spiro atoms. The Bertz CT molecular complexity index is 579. The highest BCUT2D eigenvalue weighted by molar-refractivity contribution is 9.10. The third kappa shape index (κ3) is 3.98. The van der Waals surface area contributed by atoms with Crippen molar-refractivity contribution in [2.75, 3.05) is 5.73 Å². The molecule has 0 aliphatic heterocycles. The summed E-state index contributed by atoms with van der Waals surface area (Å²) in [7, 11) is 0. The topological polar surface area (TPSA) is 52.3 Å². The largest absolute Gasteiger partial charge is 0.457 e. The van der Waals surface area contributed by atoms with Crippen molar-refractivity contribution in [3.63, 3.8) is 0 Å². The maximum absolute atomic E-state index is 11.8. The number of carbonyl (C=O) groups is 1. The average molecular weight is 341 g/mol. The number of carbonyl (C=O) groups excluding carboxylic acids is 1. The minimum atomic E-state index is -0.447. The molecular formula is C14H11BrClNO2. The van der Waals surface area contributed by atoms with Gasteiger partial charge < -0.3 is 10.5 Å². The molecule has 5 heteroatoms. The van der Waals surface area contributed by atoms with Crippen molar-refractivity contribution in [2.24, 2.45) is 0 Å². The zero-order valence-electron chi connectivity index (χ0n) is 9.90. The maximum Gasteiger partial charge on any atom is 0.338 e. The number of anilines is 1. The summed E-state index contributed by atoms with van der Waals surface area (Å²) < 4.78 is 6.17. The standard InChI is InChI=1S/C14H11BrClNO2/c15-11-3-1-9(2-4-11)8-19-14(18)10-5-12(16)7-13(17)6-10/h1-7H,8,17H2. The van der Waals surface area contributed by atoms with Crippen molar-refractivity contribution in [1.29, 1.82) is 0 Å². The van der Waals surface area contributed by atoms with Crippen LogP contribution in [0.2, 0.25) is 5.02 Å². The molecule has 2 aromatic rings. The van der Waals surface area contributed by atoms with Crippen LogP contribution in [-0.4, -0.2) is 5.97 Å². The fourth-order valence-corrected chi connectivity index (χ4v) is 2.05. The lowest BCUT2D eigenvalue weighted by atomic mass is 10.2. The Morgan fingerprint density at radius 1 is 1.21 bits per heavy atom. The van der Waals surface area contributed by atoms with Gasteiger partial charge in [0, 0.05) is 15.2 Å². The van der Waals surface area contributed by atoms with E-state index >= 15 is 0 Å². The molecule has 0 unspecified atom stereocenters. The second-order valence-corrected chi connectivity index (χ2v) is 5.33. The van der Waals surface area contributed by atoms with Crippen LogP contribution in [0.25, 0.3) is 0 Å². The van der Waals surface area contributed by atoms with Crippen LogP contribution >= 0.6 is 27.5 Å². The fraction of sp³-hybridized carbons (Fsp3) is 0.0714. The normalized spacial score (nSPS) is 10.2. The molecule has 0 aliphatic rings. The summed E-state index contributed by atoms with van der Waals surface area (Å²) in [5.74, 6) is -0.447. The second-order valence-electron chi connectivity index (χ2n) is 3.98. The smallest absolute Gasteiger partial charge is 0.338 e. The SMILES string of the molecule is Nc1cc(Cl)cc(C(=O)OCc2ccc(Br)cc2)c1. The molecule has 0 fully saturated rings. The predicted molar refractivity (Wildman–Crippen MR) is 79.1 cm³/mol. The van der Waals surface area contributed by atoms with Crippen molar-refractivity contribution < 1.29 is 9.53 Å². The first-order valence-corrected chi connectivity index (χ1v) is 6.69. The van der Waals surface area contributed by atoms with Gasteiger partial charge in [-0.15, -0.1) is 0 Å². The molecule has 0 heterocycles. The van der Waals surface area contributed by atoms with Gasteiger partial charge in [0.1, 0.15) is 6.61 Å². The highest BCUT2D eigenvalue weighted by Gasteiger charge is 2.09. The van der Waals surface area contributed by atoms with Crippen LogP contribution in [0.15, 0.2) is 46.9 Å². The molecule has 2 rings (SSSR count). The molecule has 0 bridgehead atoms. The predicted octanol–water partition coefficient (Wildman–Crippen LogP) is 4.04. The number of esters is 1. The van der Waals surface area contributed by atoms with Gasteiger partial charge in [0.2, 0.25) is 0 Å². The van der Waals surface area contributed by atoms with E-state index in [9.17, 15) is 4.79 Å². The number of nitrogens with two attached hydrogens (primary N) is 1. The lowest BCUT2D eigenvalue weighted by Crippen LogP contribution is -2.06. The zero-order chi connectivity index (χ0) is 13.8. The summed E-state index contributed by atoms with van der Waals surface area (Å²) >= 11 is 9.18. The summed E-state index contributed by atoms with van der Waals surface area (Å²) in [5, 5.41) is 0.413. The third-order valence-corrected chi connectivity index (χ3v) is 3.19. The highest BCUT2D eigenvalue weighted by Crippen LogP contribution is 2.18. The van der Waals surface area contributed by atoms with Crippen LogP contribution in [0.5, 0.6) is 0 Å². The zero-order valence-corrected chi connectivity index (χ0v) is 12.2. The molecule has 0 atom stereocenters. The Hall–Kier alpha value is -1.52. The lowest BCUT2D eigenvalue weighted by Gasteiger charge is -2.06. The van der Waals surface area contributed by atoms with Crippen molar-refractivity contribution >= 4 is 39.2 Å². The van der Waals surface area contributed by atoms with Crippen LogP contribution in [-0.2, 0) is 11.3 Å². The van der Waals surface area contributed by atoms with Crippen LogP contribution in [0, 0.1) is 0 Å². The highest BCUT2D eigenvalue weighted by atomic mass is 79.9. The number of hydrogen-bond acceptors (Lipinski definition) is 3. The first-order chi connectivity index (χ1) is 9.04. The molecule has 0 amide bonds. The van der Waals surface area contributed by atoms with Crippen LogP contribution < -0.4 is 5.73 Å². The molecule has 0 saturated carbocycles. The summed E-state index contributed by atoms with van der Waals surface area (Å²) in [6, 6.07) is 12.2. The number of rotatable bonds is 3. The van der Waals surface area contributed by atoms with E-state index in [0.29, 0.717) is 16.3 Å². The Morgan fingerprint density at radius 3 is 2.53 bits per heavy atom. The van der Waals surface area contributed by atoms with E-state index in [2.05, 4.69) is 15.9 Å². The van der Waals surface area contributed by atoms with E-state index in [0.717, 1.165) is 10.0 Å². The molecule has 0 aliphatic carbocycles. The Morgan fingerprint density at radius 2 is 1.89 bits per heavy atom. The molecule has 0 saturated heterocycles. The quantitative estimate of drug-likeness (QED) is 0.677. The molecule has 2 N–H and O–H groups in total. The third-order valence-electron chi connectivity index (χ3n) is 2.44. The van der Waals surface area contributed by atoms with E-state index in [1.165, 1.54) is 12.1 Å².